The van der Waals surface area contributed by atoms with Gasteiger partial charge in [-0.3, -0.25) is 9.48 Å². The average molecular weight is 401 g/mol. The highest BCUT2D eigenvalue weighted by Gasteiger charge is 2.32. The summed E-state index contributed by atoms with van der Waals surface area (Å²) >= 11 is 0. The van der Waals surface area contributed by atoms with E-state index < -0.39 is 9.84 Å². The van der Waals surface area contributed by atoms with E-state index in [9.17, 15) is 13.2 Å². The van der Waals surface area contributed by atoms with E-state index in [1.807, 2.05) is 31.3 Å². The number of rotatable bonds is 5. The van der Waals surface area contributed by atoms with Gasteiger partial charge >= 0.3 is 0 Å². The zero-order chi connectivity index (χ0) is 19.9. The third kappa shape index (κ3) is 3.44. The molecule has 3 aromatic rings. The number of fused-ring (bicyclic) bond motifs is 1. The molecule has 0 saturated carbocycles. The molecule has 2 N–H and O–H groups in total. The van der Waals surface area contributed by atoms with Gasteiger partial charge in [-0.05, 0) is 38.3 Å². The van der Waals surface area contributed by atoms with Crippen molar-refractivity contribution in [3.05, 3.63) is 53.0 Å². The summed E-state index contributed by atoms with van der Waals surface area (Å²) < 4.78 is 25.3. The first kappa shape index (κ1) is 18.7. The Kier molecular flexibility index (Phi) is 4.74. The molecule has 7 nitrogen and oxygen atoms in total. The second kappa shape index (κ2) is 7.09. The number of amides is 1. The lowest BCUT2D eigenvalue weighted by Gasteiger charge is -2.11. The molecule has 0 aliphatic carbocycles. The smallest absolute Gasteiger partial charge is 0.255 e. The van der Waals surface area contributed by atoms with Crippen molar-refractivity contribution in [2.24, 2.45) is 0 Å². The molecule has 1 atom stereocenters. The molecular formula is C20H24N4O3S. The fourth-order valence-electron chi connectivity index (χ4n) is 4.05. The molecule has 1 amide bonds. The van der Waals surface area contributed by atoms with Crippen LogP contribution in [0, 0.1) is 13.8 Å². The van der Waals surface area contributed by atoms with Crippen molar-refractivity contribution in [3.63, 3.8) is 0 Å². The van der Waals surface area contributed by atoms with E-state index in [0.717, 1.165) is 23.2 Å². The number of aromatic nitrogens is 3. The topological polar surface area (TPSA) is 96.8 Å². The van der Waals surface area contributed by atoms with Crippen LogP contribution in [0.1, 0.15) is 39.8 Å². The highest BCUT2D eigenvalue weighted by molar-refractivity contribution is 7.91. The number of para-hydroxylation sites is 1. The van der Waals surface area contributed by atoms with Gasteiger partial charge < -0.3 is 10.3 Å². The first-order chi connectivity index (χ1) is 13.4. The SMILES string of the molecule is Cc1nn([C@@H]2CCS(=O)(=O)C2)c(C)c1C(=O)NCCc1c[nH]c2ccccc12. The van der Waals surface area contributed by atoms with E-state index >= 15 is 0 Å². The normalized spacial score (nSPS) is 18.6. The fraction of sp³-hybridized carbons (Fsp3) is 0.400. The van der Waals surface area contributed by atoms with Gasteiger partial charge in [-0.25, -0.2) is 8.42 Å². The third-order valence-corrected chi connectivity index (χ3v) is 7.21. The molecular weight excluding hydrogens is 376 g/mol. The van der Waals surface area contributed by atoms with Crippen LogP contribution in [-0.4, -0.2) is 47.1 Å². The van der Waals surface area contributed by atoms with Gasteiger partial charge in [0.25, 0.3) is 5.91 Å². The Morgan fingerprint density at radius 2 is 2.11 bits per heavy atom. The highest BCUT2D eigenvalue weighted by atomic mass is 32.2. The summed E-state index contributed by atoms with van der Waals surface area (Å²) in [5.74, 6) is 0.112. The molecule has 1 aliphatic rings. The molecule has 0 radical (unpaired) electrons. The lowest BCUT2D eigenvalue weighted by Crippen LogP contribution is -2.27. The largest absolute Gasteiger partial charge is 0.361 e. The predicted octanol–water partition coefficient (Wildman–Crippen LogP) is 2.31. The fourth-order valence-corrected chi connectivity index (χ4v) is 5.74. The highest BCUT2D eigenvalue weighted by Crippen LogP contribution is 2.26. The van der Waals surface area contributed by atoms with Crippen LogP contribution in [0.5, 0.6) is 0 Å². The molecule has 148 valence electrons. The number of aryl methyl sites for hydroxylation is 1. The monoisotopic (exact) mass is 400 g/mol. The standard InChI is InChI=1S/C20H24N4O3S/c1-13-19(14(2)24(23-13)16-8-10-28(26,27)12-16)20(25)21-9-7-15-11-22-18-6-4-3-5-17(15)18/h3-6,11,16,22H,7-10,12H2,1-2H3,(H,21,25)/t16-/m1/s1. The zero-order valence-corrected chi connectivity index (χ0v) is 16.8. The van der Waals surface area contributed by atoms with Crippen molar-refractivity contribution < 1.29 is 13.2 Å². The molecule has 1 saturated heterocycles. The second-order valence-electron chi connectivity index (χ2n) is 7.41. The number of hydrogen-bond acceptors (Lipinski definition) is 4. The molecule has 4 rings (SSSR count). The Bertz CT molecular complexity index is 1140. The van der Waals surface area contributed by atoms with Gasteiger partial charge in [0, 0.05) is 29.3 Å². The summed E-state index contributed by atoms with van der Waals surface area (Å²) in [5.41, 5.74) is 4.15. The van der Waals surface area contributed by atoms with Crippen molar-refractivity contribution in [3.8, 4) is 0 Å². The van der Waals surface area contributed by atoms with Gasteiger partial charge in [0.1, 0.15) is 0 Å². The third-order valence-electron chi connectivity index (χ3n) is 5.46. The summed E-state index contributed by atoms with van der Waals surface area (Å²) in [4.78, 5) is 16.0. The maximum atomic E-state index is 12.7. The van der Waals surface area contributed by atoms with Crippen LogP contribution in [0.25, 0.3) is 10.9 Å². The molecule has 28 heavy (non-hydrogen) atoms. The van der Waals surface area contributed by atoms with Crippen LogP contribution in [0.4, 0.5) is 0 Å². The van der Waals surface area contributed by atoms with E-state index in [2.05, 4.69) is 21.5 Å². The number of hydrogen-bond donors (Lipinski definition) is 2. The van der Waals surface area contributed by atoms with Crippen molar-refractivity contribution in [2.75, 3.05) is 18.1 Å². The van der Waals surface area contributed by atoms with Gasteiger partial charge in [0.05, 0.1) is 28.8 Å². The summed E-state index contributed by atoms with van der Waals surface area (Å²) in [5, 5.41) is 8.61. The molecule has 3 heterocycles. The molecule has 0 bridgehead atoms. The van der Waals surface area contributed by atoms with Crippen LogP contribution in [0.2, 0.25) is 0 Å². The minimum atomic E-state index is -3.01. The number of H-pyrrole nitrogens is 1. The van der Waals surface area contributed by atoms with Crippen molar-refractivity contribution in [1.82, 2.24) is 20.1 Å². The predicted molar refractivity (Wildman–Crippen MR) is 108 cm³/mol. The Morgan fingerprint density at radius 1 is 1.32 bits per heavy atom. The second-order valence-corrected chi connectivity index (χ2v) is 9.64. The van der Waals surface area contributed by atoms with E-state index in [1.54, 1.807) is 11.6 Å². The van der Waals surface area contributed by atoms with E-state index in [4.69, 9.17) is 0 Å². The van der Waals surface area contributed by atoms with E-state index in [0.29, 0.717) is 24.2 Å². The van der Waals surface area contributed by atoms with Gasteiger partial charge in [0.2, 0.25) is 0 Å². The lowest BCUT2D eigenvalue weighted by molar-refractivity contribution is 0.0952. The first-order valence-electron chi connectivity index (χ1n) is 9.45. The van der Waals surface area contributed by atoms with E-state index in [1.165, 1.54) is 5.39 Å². The lowest BCUT2D eigenvalue weighted by atomic mass is 10.1. The van der Waals surface area contributed by atoms with Crippen molar-refractivity contribution in [2.45, 2.75) is 32.7 Å². The summed E-state index contributed by atoms with van der Waals surface area (Å²) in [6.45, 7) is 4.14. The Hall–Kier alpha value is -2.61. The molecule has 1 aromatic carbocycles. The zero-order valence-electron chi connectivity index (χ0n) is 16.0. The Morgan fingerprint density at radius 3 is 2.86 bits per heavy atom. The van der Waals surface area contributed by atoms with Crippen LogP contribution in [0.3, 0.4) is 0 Å². The molecule has 0 unspecified atom stereocenters. The van der Waals surface area contributed by atoms with Gasteiger partial charge in [0.15, 0.2) is 9.84 Å². The number of nitrogens with zero attached hydrogens (tertiary/aromatic N) is 2. The van der Waals surface area contributed by atoms with Gasteiger partial charge in [-0.15, -0.1) is 0 Å². The molecule has 0 spiro atoms. The number of nitrogens with one attached hydrogen (secondary N) is 2. The molecule has 2 aromatic heterocycles. The first-order valence-corrected chi connectivity index (χ1v) is 11.3. The van der Waals surface area contributed by atoms with E-state index in [-0.39, 0.29) is 23.5 Å². The Balaban J connectivity index is 1.45. The van der Waals surface area contributed by atoms with Crippen LogP contribution >= 0.6 is 0 Å². The number of carbonyl (C=O) groups excluding carboxylic acids is 1. The average Bonchev–Trinajstić information content (AvgIpc) is 3.31. The quantitative estimate of drug-likeness (QED) is 0.687. The van der Waals surface area contributed by atoms with Crippen LogP contribution < -0.4 is 5.32 Å². The Labute approximate surface area is 164 Å². The van der Waals surface area contributed by atoms with Crippen LogP contribution in [0.15, 0.2) is 30.5 Å². The van der Waals surface area contributed by atoms with Crippen molar-refractivity contribution in [1.29, 1.82) is 0 Å². The number of aromatic amines is 1. The summed E-state index contributed by atoms with van der Waals surface area (Å²) in [6, 6.07) is 7.90. The molecule has 1 aliphatic heterocycles. The minimum absolute atomic E-state index is 0.0938. The van der Waals surface area contributed by atoms with Crippen molar-refractivity contribution >= 4 is 26.6 Å². The summed E-state index contributed by atoms with van der Waals surface area (Å²) in [6.07, 6.45) is 3.25. The minimum Gasteiger partial charge on any atom is -0.361 e. The van der Waals surface area contributed by atoms with Gasteiger partial charge in [-0.2, -0.15) is 5.10 Å². The maximum Gasteiger partial charge on any atom is 0.255 e. The molecule has 1 fully saturated rings. The number of sulfone groups is 1. The molecule has 8 heteroatoms. The van der Waals surface area contributed by atoms with Gasteiger partial charge in [-0.1, -0.05) is 18.2 Å². The summed E-state index contributed by atoms with van der Waals surface area (Å²) in [7, 11) is -3.01. The van der Waals surface area contributed by atoms with Crippen LogP contribution in [-0.2, 0) is 16.3 Å². The number of carbonyl (C=O) groups is 1. The number of benzene rings is 1. The maximum absolute atomic E-state index is 12.7.